The lowest BCUT2D eigenvalue weighted by Gasteiger charge is -2.15. The topological polar surface area (TPSA) is 86.9 Å². The number of aryl methyl sites for hydroxylation is 1. The van der Waals surface area contributed by atoms with E-state index in [1.54, 1.807) is 13.4 Å². The summed E-state index contributed by atoms with van der Waals surface area (Å²) < 4.78 is 8.87. The number of aromatic nitrogens is 5. The summed E-state index contributed by atoms with van der Waals surface area (Å²) in [7, 11) is 1.65. The van der Waals surface area contributed by atoms with Crippen LogP contribution in [0.5, 0.6) is 0 Å². The van der Waals surface area contributed by atoms with Gasteiger partial charge in [0.1, 0.15) is 18.7 Å². The van der Waals surface area contributed by atoms with Crippen LogP contribution < -0.4 is 5.32 Å². The maximum absolute atomic E-state index is 12.5. The van der Waals surface area contributed by atoms with Gasteiger partial charge in [0.25, 0.3) is 0 Å². The minimum Gasteiger partial charge on any atom is -0.383 e. The molecule has 0 aliphatic heterocycles. The fourth-order valence-electron chi connectivity index (χ4n) is 2.85. The standard InChI is InChI=1S/C17H22N6O2/c1-12(17-21-18-11-22(17)8-9-25-3)19-16(24)10-23-13(2)20-14-6-4-5-7-15(14)23/h4-7,11-12H,8-10H2,1-3H3,(H,19,24)/t12-/m0/s1. The molecule has 0 bridgehead atoms. The van der Waals surface area contributed by atoms with Crippen LogP contribution in [0.25, 0.3) is 11.0 Å². The molecule has 0 fully saturated rings. The Labute approximate surface area is 145 Å². The minimum atomic E-state index is -0.248. The summed E-state index contributed by atoms with van der Waals surface area (Å²) in [5.41, 5.74) is 1.84. The van der Waals surface area contributed by atoms with Gasteiger partial charge in [0.15, 0.2) is 5.82 Å². The molecular formula is C17H22N6O2. The van der Waals surface area contributed by atoms with E-state index in [4.69, 9.17) is 4.74 Å². The molecule has 1 atom stereocenters. The number of para-hydroxylation sites is 2. The van der Waals surface area contributed by atoms with E-state index >= 15 is 0 Å². The van der Waals surface area contributed by atoms with E-state index in [1.807, 2.05) is 47.2 Å². The molecule has 1 aromatic carbocycles. The molecule has 0 radical (unpaired) electrons. The summed E-state index contributed by atoms with van der Waals surface area (Å²) in [6.07, 6.45) is 1.64. The summed E-state index contributed by atoms with van der Waals surface area (Å²) in [6.45, 7) is 5.21. The molecule has 8 nitrogen and oxygen atoms in total. The van der Waals surface area contributed by atoms with Gasteiger partial charge in [-0.25, -0.2) is 4.98 Å². The second-order valence-corrected chi connectivity index (χ2v) is 5.90. The third kappa shape index (κ3) is 3.69. The molecule has 0 saturated carbocycles. The monoisotopic (exact) mass is 342 g/mol. The maximum atomic E-state index is 12.5. The number of ether oxygens (including phenoxy) is 1. The van der Waals surface area contributed by atoms with Crippen LogP contribution in [0, 0.1) is 6.92 Å². The number of carbonyl (C=O) groups excluding carboxylic acids is 1. The average Bonchev–Trinajstić information content (AvgIpc) is 3.18. The van der Waals surface area contributed by atoms with Crippen LogP contribution in [-0.2, 0) is 22.6 Å². The smallest absolute Gasteiger partial charge is 0.240 e. The van der Waals surface area contributed by atoms with Gasteiger partial charge in [0.2, 0.25) is 5.91 Å². The first-order valence-corrected chi connectivity index (χ1v) is 8.18. The Kier molecular flexibility index (Phi) is 5.08. The second kappa shape index (κ2) is 7.43. The number of nitrogens with one attached hydrogen (secondary N) is 1. The fourth-order valence-corrected chi connectivity index (χ4v) is 2.85. The van der Waals surface area contributed by atoms with Crippen molar-refractivity contribution >= 4 is 16.9 Å². The number of hydrogen-bond acceptors (Lipinski definition) is 5. The zero-order valence-electron chi connectivity index (χ0n) is 14.6. The van der Waals surface area contributed by atoms with Crippen LogP contribution in [0.15, 0.2) is 30.6 Å². The number of hydrogen-bond donors (Lipinski definition) is 1. The Morgan fingerprint density at radius 3 is 2.96 bits per heavy atom. The number of fused-ring (bicyclic) bond motifs is 1. The van der Waals surface area contributed by atoms with Gasteiger partial charge in [-0.3, -0.25) is 4.79 Å². The SMILES string of the molecule is COCCn1cnnc1[C@H](C)NC(=O)Cn1c(C)nc2ccccc21. The van der Waals surface area contributed by atoms with Crippen molar-refractivity contribution in [2.45, 2.75) is 33.0 Å². The van der Waals surface area contributed by atoms with Gasteiger partial charge in [-0.1, -0.05) is 12.1 Å². The van der Waals surface area contributed by atoms with E-state index in [0.717, 1.165) is 16.9 Å². The van der Waals surface area contributed by atoms with Crippen LogP contribution in [0.2, 0.25) is 0 Å². The molecule has 0 unspecified atom stereocenters. The highest BCUT2D eigenvalue weighted by atomic mass is 16.5. The first-order chi connectivity index (χ1) is 12.1. The van der Waals surface area contributed by atoms with Crippen molar-refractivity contribution in [1.82, 2.24) is 29.6 Å². The molecule has 1 N–H and O–H groups in total. The second-order valence-electron chi connectivity index (χ2n) is 5.90. The lowest BCUT2D eigenvalue weighted by atomic mass is 10.3. The maximum Gasteiger partial charge on any atom is 0.240 e. The Morgan fingerprint density at radius 2 is 2.16 bits per heavy atom. The predicted octanol–water partition coefficient (Wildman–Crippen LogP) is 1.46. The molecule has 0 aliphatic rings. The summed E-state index contributed by atoms with van der Waals surface area (Å²) in [5.74, 6) is 1.42. The Morgan fingerprint density at radius 1 is 1.36 bits per heavy atom. The van der Waals surface area contributed by atoms with Gasteiger partial charge < -0.3 is 19.2 Å². The van der Waals surface area contributed by atoms with Crippen LogP contribution in [0.4, 0.5) is 0 Å². The average molecular weight is 342 g/mol. The number of methoxy groups -OCH3 is 1. The van der Waals surface area contributed by atoms with Gasteiger partial charge in [0, 0.05) is 13.7 Å². The molecule has 0 spiro atoms. The highest BCUT2D eigenvalue weighted by molar-refractivity contribution is 5.81. The quantitative estimate of drug-likeness (QED) is 0.702. The first-order valence-electron chi connectivity index (χ1n) is 8.18. The summed E-state index contributed by atoms with van der Waals surface area (Å²) in [6, 6.07) is 7.54. The number of imidazole rings is 1. The largest absolute Gasteiger partial charge is 0.383 e. The van der Waals surface area contributed by atoms with Crippen LogP contribution in [0.1, 0.15) is 24.6 Å². The Bertz CT molecular complexity index is 869. The Balaban J connectivity index is 1.70. The van der Waals surface area contributed by atoms with Crippen LogP contribution >= 0.6 is 0 Å². The van der Waals surface area contributed by atoms with Crippen LogP contribution in [0.3, 0.4) is 0 Å². The Hall–Kier alpha value is -2.74. The lowest BCUT2D eigenvalue weighted by Crippen LogP contribution is -2.32. The molecule has 2 heterocycles. The van der Waals surface area contributed by atoms with Crippen molar-refractivity contribution in [3.05, 3.63) is 42.2 Å². The fraction of sp³-hybridized carbons (Fsp3) is 0.412. The van der Waals surface area contributed by atoms with E-state index in [9.17, 15) is 4.79 Å². The van der Waals surface area contributed by atoms with Gasteiger partial charge in [-0.2, -0.15) is 0 Å². The first kappa shape index (κ1) is 17.1. The van der Waals surface area contributed by atoms with E-state index < -0.39 is 0 Å². The van der Waals surface area contributed by atoms with E-state index in [2.05, 4.69) is 20.5 Å². The van der Waals surface area contributed by atoms with Crippen LogP contribution in [-0.4, -0.2) is 43.9 Å². The highest BCUT2D eigenvalue weighted by Crippen LogP contribution is 2.15. The number of rotatable bonds is 7. The molecule has 1 amide bonds. The molecule has 25 heavy (non-hydrogen) atoms. The molecule has 0 aliphatic carbocycles. The van der Waals surface area contributed by atoms with Gasteiger partial charge in [-0.05, 0) is 26.0 Å². The van der Waals surface area contributed by atoms with E-state index in [0.29, 0.717) is 19.0 Å². The molecule has 3 aromatic rings. The van der Waals surface area contributed by atoms with Gasteiger partial charge in [-0.15, -0.1) is 10.2 Å². The molecule has 0 saturated heterocycles. The van der Waals surface area contributed by atoms with E-state index in [1.165, 1.54) is 0 Å². The lowest BCUT2D eigenvalue weighted by molar-refractivity contribution is -0.122. The third-order valence-electron chi connectivity index (χ3n) is 4.09. The number of carbonyl (C=O) groups is 1. The van der Waals surface area contributed by atoms with Gasteiger partial charge >= 0.3 is 0 Å². The zero-order chi connectivity index (χ0) is 17.8. The number of amides is 1. The van der Waals surface area contributed by atoms with E-state index in [-0.39, 0.29) is 18.5 Å². The molecule has 132 valence electrons. The van der Waals surface area contributed by atoms with Crippen molar-refractivity contribution in [2.75, 3.05) is 13.7 Å². The third-order valence-corrected chi connectivity index (χ3v) is 4.09. The minimum absolute atomic E-state index is 0.0972. The molecule has 2 aromatic heterocycles. The summed E-state index contributed by atoms with van der Waals surface area (Å²) in [4.78, 5) is 17.0. The predicted molar refractivity (Wildman–Crippen MR) is 92.9 cm³/mol. The zero-order valence-corrected chi connectivity index (χ0v) is 14.6. The number of nitrogens with zero attached hydrogens (tertiary/aromatic N) is 5. The van der Waals surface area contributed by atoms with Gasteiger partial charge in [0.05, 0.1) is 23.7 Å². The molecule has 3 rings (SSSR count). The normalized spacial score (nSPS) is 12.4. The summed E-state index contributed by atoms with van der Waals surface area (Å²) in [5, 5.41) is 11.0. The van der Waals surface area contributed by atoms with Crippen molar-refractivity contribution in [3.63, 3.8) is 0 Å². The molecule has 8 heteroatoms. The molecular weight excluding hydrogens is 320 g/mol. The number of benzene rings is 1. The highest BCUT2D eigenvalue weighted by Gasteiger charge is 2.17. The summed E-state index contributed by atoms with van der Waals surface area (Å²) >= 11 is 0. The van der Waals surface area contributed by atoms with Crippen molar-refractivity contribution < 1.29 is 9.53 Å². The van der Waals surface area contributed by atoms with Crippen molar-refractivity contribution in [3.8, 4) is 0 Å². The van der Waals surface area contributed by atoms with Crippen molar-refractivity contribution in [1.29, 1.82) is 0 Å². The van der Waals surface area contributed by atoms with Crippen molar-refractivity contribution in [2.24, 2.45) is 0 Å².